The van der Waals surface area contributed by atoms with E-state index < -0.39 is 24.3 Å². The molecule has 2 aromatic carbocycles. The zero-order valence-electron chi connectivity index (χ0n) is 35.8. The summed E-state index contributed by atoms with van der Waals surface area (Å²) in [5, 5.41) is 19.8. The van der Waals surface area contributed by atoms with Gasteiger partial charge in [-0.25, -0.2) is 19.6 Å². The molecule has 0 bridgehead atoms. The number of imidazole rings is 2. The Labute approximate surface area is 365 Å². The van der Waals surface area contributed by atoms with Gasteiger partial charge >= 0.3 is 12.2 Å². The summed E-state index contributed by atoms with van der Waals surface area (Å²) < 4.78 is 17.3. The van der Waals surface area contributed by atoms with Crippen molar-refractivity contribution in [3.63, 3.8) is 0 Å². The second-order valence-corrected chi connectivity index (χ2v) is 17.6. The molecular formula is C46H56N8O9. The van der Waals surface area contributed by atoms with Gasteiger partial charge in [0, 0.05) is 53.6 Å². The van der Waals surface area contributed by atoms with Crippen LogP contribution in [0.2, 0.25) is 0 Å². The molecule has 4 saturated heterocycles. The third-order valence-corrected chi connectivity index (χ3v) is 13.9. The molecule has 0 radical (unpaired) electrons. The van der Waals surface area contributed by atoms with Gasteiger partial charge in [0.15, 0.2) is 0 Å². The first-order chi connectivity index (χ1) is 30.6. The standard InChI is InChI=1S/C46H56N8O9/c1-51(45(57)58)39(27-11-17-61-18-12-27)43(55)53-15-3-5-37(53)41-47-23-35(49-41)29-7-9-33-31(21-29)25-63-26-32-22-30(8-10-34(32)33)36-24-48-42(50-36)38-6-4-16-54(38)44(56)40(52(2)46(59)60)28-13-19-62-20-14-28/h7-10,21-24,27-28,37-40H,3-6,11-20,25-26H2,1-2H3,(H,47,49)(H,48,50)(H,57,58)(H,59,60)/t37-,38-,39-,40-/m0/s1. The fourth-order valence-corrected chi connectivity index (χ4v) is 10.5. The van der Waals surface area contributed by atoms with Crippen LogP contribution in [0.25, 0.3) is 33.6 Å². The maximum Gasteiger partial charge on any atom is 0.407 e. The van der Waals surface area contributed by atoms with Crippen molar-refractivity contribution >= 4 is 24.0 Å². The first kappa shape index (κ1) is 42.5. The van der Waals surface area contributed by atoms with Crippen molar-refractivity contribution in [1.29, 1.82) is 0 Å². The lowest BCUT2D eigenvalue weighted by Gasteiger charge is -2.37. The number of H-pyrrole nitrogens is 2. The van der Waals surface area contributed by atoms with Crippen molar-refractivity contribution < 1.29 is 43.6 Å². The molecule has 5 aliphatic heterocycles. The minimum atomic E-state index is -1.12. The number of likely N-dealkylation sites (N-methyl/N-ethyl adjacent to an activating group) is 2. The van der Waals surface area contributed by atoms with Gasteiger partial charge in [0.05, 0.1) is 49.1 Å². The number of fused-ring (bicyclic) bond motifs is 3. The highest BCUT2D eigenvalue weighted by molar-refractivity contribution is 5.87. The number of ether oxygens (including phenoxy) is 3. The van der Waals surface area contributed by atoms with Gasteiger partial charge in [0.2, 0.25) is 11.8 Å². The van der Waals surface area contributed by atoms with Gasteiger partial charge in [-0.3, -0.25) is 19.4 Å². The zero-order valence-corrected chi connectivity index (χ0v) is 35.8. The summed E-state index contributed by atoms with van der Waals surface area (Å²) in [4.78, 5) is 74.9. The highest BCUT2D eigenvalue weighted by atomic mass is 16.5. The summed E-state index contributed by atoms with van der Waals surface area (Å²) in [5.41, 5.74) is 7.73. The van der Waals surface area contributed by atoms with Crippen LogP contribution in [0.15, 0.2) is 48.8 Å². The third kappa shape index (κ3) is 8.41. The molecule has 4 atom stereocenters. The molecule has 0 aliphatic carbocycles. The second-order valence-electron chi connectivity index (χ2n) is 17.6. The number of aromatic nitrogens is 4. The van der Waals surface area contributed by atoms with E-state index in [2.05, 4.69) is 46.4 Å². The van der Waals surface area contributed by atoms with Crippen LogP contribution in [0.5, 0.6) is 0 Å². The van der Waals surface area contributed by atoms with E-state index in [1.54, 1.807) is 22.2 Å². The van der Waals surface area contributed by atoms with E-state index in [0.717, 1.165) is 80.3 Å². The minimum absolute atomic E-state index is 0.109. The van der Waals surface area contributed by atoms with Crippen LogP contribution in [0, 0.1) is 11.8 Å². The Morgan fingerprint density at radius 3 is 1.44 bits per heavy atom. The largest absolute Gasteiger partial charge is 0.465 e. The molecule has 0 saturated carbocycles. The van der Waals surface area contributed by atoms with Crippen molar-refractivity contribution in [1.82, 2.24) is 39.5 Å². The Kier molecular flexibility index (Phi) is 12.2. The molecule has 5 aliphatic rings. The number of amides is 4. The molecule has 334 valence electrons. The van der Waals surface area contributed by atoms with Gasteiger partial charge in [0.25, 0.3) is 0 Å². The molecule has 9 rings (SSSR count). The van der Waals surface area contributed by atoms with Crippen molar-refractivity contribution in [3.8, 4) is 33.6 Å². The number of benzene rings is 2. The zero-order chi connectivity index (χ0) is 43.8. The molecule has 63 heavy (non-hydrogen) atoms. The summed E-state index contributed by atoms with van der Waals surface area (Å²) in [7, 11) is 2.97. The molecular weight excluding hydrogens is 809 g/mol. The predicted octanol–water partition coefficient (Wildman–Crippen LogP) is 6.30. The molecule has 17 nitrogen and oxygen atoms in total. The van der Waals surface area contributed by atoms with Crippen LogP contribution in [-0.2, 0) is 37.0 Å². The Bertz CT molecular complexity index is 2170. The quantitative estimate of drug-likeness (QED) is 0.139. The van der Waals surface area contributed by atoms with E-state index in [9.17, 15) is 29.4 Å². The van der Waals surface area contributed by atoms with Crippen LogP contribution < -0.4 is 0 Å². The number of likely N-dealkylation sites (tertiary alicyclic amines) is 2. The normalized spacial score (nSPS) is 21.6. The van der Waals surface area contributed by atoms with E-state index in [4.69, 9.17) is 24.2 Å². The summed E-state index contributed by atoms with van der Waals surface area (Å²) >= 11 is 0. The van der Waals surface area contributed by atoms with Gasteiger partial charge in [-0.05, 0) is 109 Å². The van der Waals surface area contributed by atoms with Crippen molar-refractivity contribution in [3.05, 3.63) is 71.6 Å². The van der Waals surface area contributed by atoms with Crippen LogP contribution in [0.3, 0.4) is 0 Å². The van der Waals surface area contributed by atoms with Gasteiger partial charge < -0.3 is 44.2 Å². The minimum Gasteiger partial charge on any atom is -0.465 e. The second kappa shape index (κ2) is 18.1. The predicted molar refractivity (Wildman–Crippen MR) is 229 cm³/mol. The topological polar surface area (TPSA) is 207 Å². The molecule has 0 spiro atoms. The summed E-state index contributed by atoms with van der Waals surface area (Å²) in [6.45, 7) is 3.95. The number of carbonyl (C=O) groups excluding carboxylic acids is 2. The molecule has 17 heteroatoms. The average molecular weight is 865 g/mol. The van der Waals surface area contributed by atoms with Gasteiger partial charge in [-0.15, -0.1) is 0 Å². The average Bonchev–Trinajstić information content (AvgIpc) is 4.14. The monoisotopic (exact) mass is 864 g/mol. The first-order valence-electron chi connectivity index (χ1n) is 22.2. The van der Waals surface area contributed by atoms with Crippen LogP contribution in [0.1, 0.15) is 86.2 Å². The lowest BCUT2D eigenvalue weighted by atomic mass is 9.89. The Balaban J connectivity index is 0.909. The summed E-state index contributed by atoms with van der Waals surface area (Å²) in [5.74, 6) is 0.784. The van der Waals surface area contributed by atoms with Crippen molar-refractivity contribution in [2.24, 2.45) is 11.8 Å². The maximum atomic E-state index is 14.1. The van der Waals surface area contributed by atoms with Crippen LogP contribution in [-0.4, -0.2) is 139 Å². The van der Waals surface area contributed by atoms with Gasteiger partial charge in [-0.1, -0.05) is 24.3 Å². The number of carboxylic acid groups (broad SMARTS) is 2. The summed E-state index contributed by atoms with van der Waals surface area (Å²) in [6.07, 6.45) is 6.96. The molecule has 4 amide bonds. The lowest BCUT2D eigenvalue weighted by Crippen LogP contribution is -2.53. The first-order valence-corrected chi connectivity index (χ1v) is 22.2. The number of hydrogen-bond acceptors (Lipinski definition) is 9. The fraction of sp³-hybridized carbons (Fsp3) is 0.522. The lowest BCUT2D eigenvalue weighted by molar-refractivity contribution is -0.141. The van der Waals surface area contributed by atoms with E-state index >= 15 is 0 Å². The third-order valence-electron chi connectivity index (χ3n) is 13.9. The molecule has 7 heterocycles. The highest BCUT2D eigenvalue weighted by Gasteiger charge is 2.44. The SMILES string of the molecule is CN(C(=O)O)[C@H](C(=O)N1CCC[C@H]1c1ncc(-c2ccc3c(c2)COCc2cc(-c4cnc([C@@H]5CCCN5C(=O)[C@H](C5CCOCC5)N(C)C(=O)O)[nH]4)ccc2-3)[nH]1)C1CCOCC1. The number of nitrogens with one attached hydrogen (secondary N) is 2. The highest BCUT2D eigenvalue weighted by Crippen LogP contribution is 2.39. The number of aromatic amines is 2. The number of rotatable bonds is 10. The molecule has 0 unspecified atom stereocenters. The molecule has 4 fully saturated rings. The van der Waals surface area contributed by atoms with E-state index in [0.29, 0.717) is 90.1 Å². The van der Waals surface area contributed by atoms with Crippen LogP contribution >= 0.6 is 0 Å². The van der Waals surface area contributed by atoms with Gasteiger partial charge in [0.1, 0.15) is 23.7 Å². The molecule has 4 aromatic rings. The number of hydrogen-bond donors (Lipinski definition) is 4. The number of carbonyl (C=O) groups is 4. The van der Waals surface area contributed by atoms with Gasteiger partial charge in [-0.2, -0.15) is 0 Å². The van der Waals surface area contributed by atoms with Crippen LogP contribution in [0.4, 0.5) is 9.59 Å². The van der Waals surface area contributed by atoms with Crippen molar-refractivity contribution in [2.45, 2.75) is 88.7 Å². The Morgan fingerprint density at radius 1 is 0.635 bits per heavy atom. The molecule has 4 N–H and O–H groups in total. The van der Waals surface area contributed by atoms with Crippen molar-refractivity contribution in [2.75, 3.05) is 53.6 Å². The summed E-state index contributed by atoms with van der Waals surface area (Å²) in [6, 6.07) is 10.5. The fourth-order valence-electron chi connectivity index (χ4n) is 10.5. The van der Waals surface area contributed by atoms with E-state index in [1.807, 2.05) is 0 Å². The number of nitrogens with zero attached hydrogens (tertiary/aromatic N) is 6. The smallest absolute Gasteiger partial charge is 0.407 e. The molecule has 2 aromatic heterocycles. The Morgan fingerprint density at radius 2 is 1.05 bits per heavy atom. The van der Waals surface area contributed by atoms with E-state index in [-0.39, 0.29) is 35.7 Å². The van der Waals surface area contributed by atoms with E-state index in [1.165, 1.54) is 14.1 Å². The maximum absolute atomic E-state index is 14.1. The Hall–Kier alpha value is -5.78.